The monoisotopic (exact) mass is 304 g/mol. The molecule has 1 aliphatic heterocycles. The van der Waals surface area contributed by atoms with Gasteiger partial charge in [0, 0.05) is 26.3 Å². The molecule has 0 fully saturated rings. The Labute approximate surface area is 128 Å². The number of aromatic nitrogens is 3. The molecule has 1 aliphatic rings. The third kappa shape index (κ3) is 2.52. The van der Waals surface area contributed by atoms with E-state index in [1.165, 1.54) is 5.56 Å². The number of rotatable bonds is 4. The van der Waals surface area contributed by atoms with Crippen LogP contribution in [0.3, 0.4) is 0 Å². The molecule has 0 unspecified atom stereocenters. The third-order valence-corrected chi connectivity index (χ3v) is 3.97. The largest absolute Gasteiger partial charge is 0.379 e. The molecule has 1 atom stereocenters. The predicted molar refractivity (Wildman–Crippen MR) is 78.4 cm³/mol. The van der Waals surface area contributed by atoms with Gasteiger partial charge in [0.25, 0.3) is 5.91 Å². The number of hydrogen-bond acceptors (Lipinski definition) is 5. The van der Waals surface area contributed by atoms with E-state index in [9.17, 15) is 4.79 Å². The Kier molecular flexibility index (Phi) is 3.98. The number of nitrogens with zero attached hydrogens (tertiary/aromatic N) is 4. The number of carbonyl (C=O) groups is 1. The van der Waals surface area contributed by atoms with Crippen LogP contribution < -0.4 is 0 Å². The maximum absolute atomic E-state index is 12.7. The van der Waals surface area contributed by atoms with Crippen molar-refractivity contribution in [2.75, 3.05) is 19.8 Å². The fourth-order valence-electron chi connectivity index (χ4n) is 2.91. The normalized spacial score (nSPS) is 17.6. The van der Waals surface area contributed by atoms with E-state index < -0.39 is 0 Å². The molecule has 2 aromatic rings. The summed E-state index contributed by atoms with van der Waals surface area (Å²) in [6.07, 6.45) is 2.66. The highest BCUT2D eigenvalue weighted by Crippen LogP contribution is 2.30. The topological polar surface area (TPSA) is 73.4 Å². The van der Waals surface area contributed by atoms with Gasteiger partial charge in [0.15, 0.2) is 5.69 Å². The quantitative estimate of drug-likeness (QED) is 0.855. The molecular weight excluding hydrogens is 284 g/mol. The second-order valence-electron chi connectivity index (χ2n) is 5.43. The van der Waals surface area contributed by atoms with Gasteiger partial charge < -0.3 is 14.2 Å². The molecule has 0 aliphatic carbocycles. The summed E-state index contributed by atoms with van der Waals surface area (Å²) in [6, 6.07) is 1.51. The second-order valence-corrected chi connectivity index (χ2v) is 5.43. The minimum atomic E-state index is -0.152. The summed E-state index contributed by atoms with van der Waals surface area (Å²) >= 11 is 0. The van der Waals surface area contributed by atoms with Gasteiger partial charge in [-0.3, -0.25) is 9.48 Å². The summed E-state index contributed by atoms with van der Waals surface area (Å²) in [7, 11) is 1.89. The van der Waals surface area contributed by atoms with E-state index in [1.807, 2.05) is 24.9 Å². The molecule has 2 aromatic heterocycles. The van der Waals surface area contributed by atoms with Crippen LogP contribution in [-0.4, -0.2) is 45.5 Å². The van der Waals surface area contributed by atoms with Crippen LogP contribution in [0.1, 0.15) is 40.5 Å². The van der Waals surface area contributed by atoms with Crippen molar-refractivity contribution in [1.29, 1.82) is 0 Å². The van der Waals surface area contributed by atoms with Crippen LogP contribution in [0.25, 0.3) is 0 Å². The van der Waals surface area contributed by atoms with Gasteiger partial charge in [-0.25, -0.2) is 0 Å². The lowest BCUT2D eigenvalue weighted by molar-refractivity contribution is 0.0393. The van der Waals surface area contributed by atoms with Crippen molar-refractivity contribution in [3.05, 3.63) is 35.0 Å². The van der Waals surface area contributed by atoms with Crippen molar-refractivity contribution >= 4 is 5.91 Å². The van der Waals surface area contributed by atoms with Crippen molar-refractivity contribution in [3.8, 4) is 0 Å². The van der Waals surface area contributed by atoms with Gasteiger partial charge in [-0.2, -0.15) is 5.10 Å². The molecule has 0 bridgehead atoms. The van der Waals surface area contributed by atoms with E-state index in [0.29, 0.717) is 31.2 Å². The standard InChI is InChI=1S/C15H20N4O3/c1-4-21-9-13-14-11(8-16-18(14)3)5-6-19(13)15(20)12-7-10(2)22-17-12/h7-8,13H,4-6,9H2,1-3H3/t13-/m0/s1. The second kappa shape index (κ2) is 5.92. The molecule has 0 saturated heterocycles. The zero-order valence-corrected chi connectivity index (χ0v) is 13.1. The smallest absolute Gasteiger partial charge is 0.276 e. The predicted octanol–water partition coefficient (Wildman–Crippen LogP) is 1.49. The summed E-state index contributed by atoms with van der Waals surface area (Å²) in [5.41, 5.74) is 2.55. The van der Waals surface area contributed by atoms with Gasteiger partial charge in [-0.1, -0.05) is 5.16 Å². The lowest BCUT2D eigenvalue weighted by Gasteiger charge is -2.35. The summed E-state index contributed by atoms with van der Waals surface area (Å²) in [5.74, 6) is 0.497. The molecule has 118 valence electrons. The van der Waals surface area contributed by atoms with Crippen LogP contribution in [0.15, 0.2) is 16.8 Å². The summed E-state index contributed by atoms with van der Waals surface area (Å²) in [5, 5.41) is 8.16. The first kappa shape index (κ1) is 14.8. The van der Waals surface area contributed by atoms with E-state index in [4.69, 9.17) is 9.26 Å². The maximum Gasteiger partial charge on any atom is 0.276 e. The van der Waals surface area contributed by atoms with Gasteiger partial charge in [0.1, 0.15) is 5.76 Å². The molecule has 0 spiro atoms. The Morgan fingerprint density at radius 2 is 2.36 bits per heavy atom. The highest BCUT2D eigenvalue weighted by molar-refractivity contribution is 5.92. The lowest BCUT2D eigenvalue weighted by Crippen LogP contribution is -2.42. The molecule has 3 rings (SSSR count). The Bertz CT molecular complexity index is 676. The van der Waals surface area contributed by atoms with E-state index >= 15 is 0 Å². The van der Waals surface area contributed by atoms with Crippen molar-refractivity contribution in [2.45, 2.75) is 26.3 Å². The number of ether oxygens (including phenoxy) is 1. The van der Waals surface area contributed by atoms with Crippen LogP contribution in [0, 0.1) is 6.92 Å². The van der Waals surface area contributed by atoms with Crippen molar-refractivity contribution in [1.82, 2.24) is 19.8 Å². The van der Waals surface area contributed by atoms with Crippen molar-refractivity contribution in [2.24, 2.45) is 7.05 Å². The molecule has 22 heavy (non-hydrogen) atoms. The van der Waals surface area contributed by atoms with Gasteiger partial charge in [-0.15, -0.1) is 0 Å². The molecule has 7 heteroatoms. The number of amides is 1. The minimum absolute atomic E-state index is 0.131. The first-order valence-corrected chi connectivity index (χ1v) is 7.44. The molecule has 7 nitrogen and oxygen atoms in total. The van der Waals surface area contributed by atoms with E-state index in [1.54, 1.807) is 17.9 Å². The number of fused-ring (bicyclic) bond motifs is 1. The molecule has 3 heterocycles. The van der Waals surface area contributed by atoms with Crippen LogP contribution in [0.4, 0.5) is 0 Å². The van der Waals surface area contributed by atoms with Crippen LogP contribution in [-0.2, 0) is 18.2 Å². The first-order chi connectivity index (χ1) is 10.6. The number of carbonyl (C=O) groups excluding carboxylic acids is 1. The molecule has 0 N–H and O–H groups in total. The SMILES string of the molecule is CCOC[C@H]1c2c(cnn2C)CCN1C(=O)c1cc(C)on1. The maximum atomic E-state index is 12.7. The van der Waals surface area contributed by atoms with Gasteiger partial charge in [-0.05, 0) is 25.8 Å². The third-order valence-electron chi connectivity index (χ3n) is 3.97. The Hall–Kier alpha value is -2.15. The van der Waals surface area contributed by atoms with Crippen molar-refractivity contribution in [3.63, 3.8) is 0 Å². The zero-order valence-electron chi connectivity index (χ0n) is 13.1. The number of aryl methyl sites for hydroxylation is 2. The lowest BCUT2D eigenvalue weighted by atomic mass is 9.99. The van der Waals surface area contributed by atoms with Crippen LogP contribution in [0.2, 0.25) is 0 Å². The van der Waals surface area contributed by atoms with E-state index in [0.717, 1.165) is 12.1 Å². The minimum Gasteiger partial charge on any atom is -0.379 e. The molecular formula is C15H20N4O3. The van der Waals surface area contributed by atoms with E-state index in [2.05, 4.69) is 10.3 Å². The Balaban J connectivity index is 1.92. The fraction of sp³-hybridized carbons (Fsp3) is 0.533. The fourth-order valence-corrected chi connectivity index (χ4v) is 2.91. The molecule has 0 radical (unpaired) electrons. The Morgan fingerprint density at radius 3 is 3.05 bits per heavy atom. The van der Waals surface area contributed by atoms with Gasteiger partial charge in [0.2, 0.25) is 0 Å². The Morgan fingerprint density at radius 1 is 1.55 bits per heavy atom. The summed E-state index contributed by atoms with van der Waals surface area (Å²) < 4.78 is 12.4. The van der Waals surface area contributed by atoms with Crippen LogP contribution in [0.5, 0.6) is 0 Å². The van der Waals surface area contributed by atoms with Gasteiger partial charge >= 0.3 is 0 Å². The average molecular weight is 304 g/mol. The molecule has 1 amide bonds. The average Bonchev–Trinajstić information content (AvgIpc) is 3.11. The summed E-state index contributed by atoms with van der Waals surface area (Å²) in [6.45, 7) is 5.40. The summed E-state index contributed by atoms with van der Waals surface area (Å²) in [4.78, 5) is 14.6. The highest BCUT2D eigenvalue weighted by atomic mass is 16.5. The molecule has 0 aromatic carbocycles. The highest BCUT2D eigenvalue weighted by Gasteiger charge is 2.35. The van der Waals surface area contributed by atoms with E-state index in [-0.39, 0.29) is 11.9 Å². The van der Waals surface area contributed by atoms with Crippen molar-refractivity contribution < 1.29 is 14.1 Å². The molecule has 0 saturated carbocycles. The number of hydrogen-bond donors (Lipinski definition) is 0. The van der Waals surface area contributed by atoms with Crippen LogP contribution >= 0.6 is 0 Å². The first-order valence-electron chi connectivity index (χ1n) is 7.44. The zero-order chi connectivity index (χ0) is 15.7. The van der Waals surface area contributed by atoms with Gasteiger partial charge in [0.05, 0.1) is 24.5 Å².